The number of hydrogen-bond donors (Lipinski definition) is 0. The second-order valence-electron chi connectivity index (χ2n) is 3.23. The number of halogens is 2. The summed E-state index contributed by atoms with van der Waals surface area (Å²) in [6.45, 7) is 0. The van der Waals surface area contributed by atoms with Crippen molar-refractivity contribution in [2.75, 3.05) is 5.75 Å². The average molecular weight is 338 g/mol. The molecule has 1 aromatic heterocycles. The molecule has 0 bridgehead atoms. The molecule has 0 N–H and O–H groups in total. The zero-order valence-corrected chi connectivity index (χ0v) is 11.5. The van der Waals surface area contributed by atoms with E-state index in [1.165, 1.54) is 25.0 Å². The zero-order valence-electron chi connectivity index (χ0n) is 7.54. The van der Waals surface area contributed by atoms with Crippen LogP contribution in [0.25, 0.3) is 0 Å². The smallest absolute Gasteiger partial charge is 0.143 e. The van der Waals surface area contributed by atoms with Gasteiger partial charge in [-0.05, 0) is 50.5 Å². The molecule has 1 aliphatic rings. The third kappa shape index (κ3) is 2.70. The highest BCUT2D eigenvalue weighted by atomic mass is 79.9. The van der Waals surface area contributed by atoms with E-state index in [1.807, 2.05) is 17.8 Å². The lowest BCUT2D eigenvalue weighted by atomic mass is 10.2. The van der Waals surface area contributed by atoms with Gasteiger partial charge in [0.1, 0.15) is 15.0 Å². The summed E-state index contributed by atoms with van der Waals surface area (Å²) in [6.07, 6.45) is 3.83. The SMILES string of the molecule is Brc1cc(Br)nc(C2CCCCS2)n1. The Balaban J connectivity index is 2.21. The first-order valence-corrected chi connectivity index (χ1v) is 7.21. The first-order valence-electron chi connectivity index (χ1n) is 4.57. The van der Waals surface area contributed by atoms with Crippen molar-refractivity contribution in [3.8, 4) is 0 Å². The van der Waals surface area contributed by atoms with Gasteiger partial charge < -0.3 is 0 Å². The molecule has 2 nitrogen and oxygen atoms in total. The minimum Gasteiger partial charge on any atom is -0.225 e. The number of nitrogens with zero attached hydrogens (tertiary/aromatic N) is 2. The predicted octanol–water partition coefficient (Wildman–Crippen LogP) is 3.96. The van der Waals surface area contributed by atoms with Crippen molar-refractivity contribution in [2.24, 2.45) is 0 Å². The summed E-state index contributed by atoms with van der Waals surface area (Å²) in [7, 11) is 0. The van der Waals surface area contributed by atoms with E-state index in [2.05, 4.69) is 41.8 Å². The molecule has 0 amide bonds. The van der Waals surface area contributed by atoms with Crippen LogP contribution in [0.5, 0.6) is 0 Å². The second kappa shape index (κ2) is 4.94. The van der Waals surface area contributed by atoms with Crippen molar-refractivity contribution in [1.82, 2.24) is 9.97 Å². The van der Waals surface area contributed by atoms with Crippen molar-refractivity contribution in [3.05, 3.63) is 21.1 Å². The van der Waals surface area contributed by atoms with Crippen LogP contribution in [0.15, 0.2) is 15.3 Å². The number of aromatic nitrogens is 2. The van der Waals surface area contributed by atoms with Crippen LogP contribution in [0.4, 0.5) is 0 Å². The maximum absolute atomic E-state index is 4.41. The van der Waals surface area contributed by atoms with Gasteiger partial charge in [0.2, 0.25) is 0 Å². The van der Waals surface area contributed by atoms with Crippen molar-refractivity contribution in [3.63, 3.8) is 0 Å². The van der Waals surface area contributed by atoms with Crippen molar-refractivity contribution < 1.29 is 0 Å². The summed E-state index contributed by atoms with van der Waals surface area (Å²) in [5.74, 6) is 2.19. The third-order valence-electron chi connectivity index (χ3n) is 2.15. The van der Waals surface area contributed by atoms with Gasteiger partial charge in [0.25, 0.3) is 0 Å². The molecule has 0 saturated carbocycles. The molecule has 2 heterocycles. The van der Waals surface area contributed by atoms with E-state index in [0.717, 1.165) is 15.0 Å². The molecule has 1 aromatic rings. The molecule has 0 aliphatic carbocycles. The van der Waals surface area contributed by atoms with Gasteiger partial charge in [0.05, 0.1) is 5.25 Å². The lowest BCUT2D eigenvalue weighted by molar-refractivity contribution is 0.659. The summed E-state index contributed by atoms with van der Waals surface area (Å²) in [5, 5.41) is 0.484. The van der Waals surface area contributed by atoms with Crippen LogP contribution in [0.3, 0.4) is 0 Å². The molecule has 1 atom stereocenters. The minimum absolute atomic E-state index is 0.484. The van der Waals surface area contributed by atoms with E-state index < -0.39 is 0 Å². The lowest BCUT2D eigenvalue weighted by Crippen LogP contribution is -2.06. The fourth-order valence-electron chi connectivity index (χ4n) is 1.50. The first-order chi connectivity index (χ1) is 6.75. The van der Waals surface area contributed by atoms with E-state index in [-0.39, 0.29) is 0 Å². The van der Waals surface area contributed by atoms with Crippen LogP contribution in [0.2, 0.25) is 0 Å². The highest BCUT2D eigenvalue weighted by Gasteiger charge is 2.19. The van der Waals surface area contributed by atoms with E-state index >= 15 is 0 Å². The lowest BCUT2D eigenvalue weighted by Gasteiger charge is -2.19. The summed E-state index contributed by atoms with van der Waals surface area (Å²) < 4.78 is 1.72. The van der Waals surface area contributed by atoms with E-state index in [4.69, 9.17) is 0 Å². The Bertz CT molecular complexity index is 306. The Labute approximate surface area is 105 Å². The largest absolute Gasteiger partial charge is 0.225 e. The highest BCUT2D eigenvalue weighted by molar-refractivity contribution is 9.11. The molecule has 0 radical (unpaired) electrons. The molecule has 1 fully saturated rings. The van der Waals surface area contributed by atoms with Gasteiger partial charge in [-0.25, -0.2) is 9.97 Å². The number of hydrogen-bond acceptors (Lipinski definition) is 3. The van der Waals surface area contributed by atoms with Crippen LogP contribution >= 0.6 is 43.6 Å². The molecule has 1 unspecified atom stereocenters. The van der Waals surface area contributed by atoms with Crippen molar-refractivity contribution in [1.29, 1.82) is 0 Å². The van der Waals surface area contributed by atoms with E-state index in [0.29, 0.717) is 5.25 Å². The van der Waals surface area contributed by atoms with Gasteiger partial charge in [-0.1, -0.05) is 6.42 Å². The third-order valence-corrected chi connectivity index (χ3v) is 4.33. The monoisotopic (exact) mass is 336 g/mol. The molecule has 5 heteroatoms. The molecular weight excluding hydrogens is 328 g/mol. The van der Waals surface area contributed by atoms with Crippen molar-refractivity contribution >= 4 is 43.6 Å². The molecule has 0 spiro atoms. The molecule has 2 rings (SSSR count). The van der Waals surface area contributed by atoms with Crippen LogP contribution in [-0.4, -0.2) is 15.7 Å². The number of thioether (sulfide) groups is 1. The topological polar surface area (TPSA) is 25.8 Å². The molecule has 14 heavy (non-hydrogen) atoms. The van der Waals surface area contributed by atoms with Gasteiger partial charge in [-0.2, -0.15) is 11.8 Å². The molecular formula is C9H10Br2N2S. The maximum Gasteiger partial charge on any atom is 0.143 e. The van der Waals surface area contributed by atoms with Gasteiger partial charge in [-0.15, -0.1) is 0 Å². The Kier molecular flexibility index (Phi) is 3.85. The Morgan fingerprint density at radius 3 is 2.50 bits per heavy atom. The highest BCUT2D eigenvalue weighted by Crippen LogP contribution is 2.37. The zero-order chi connectivity index (χ0) is 9.97. The predicted molar refractivity (Wildman–Crippen MR) is 66.5 cm³/mol. The first kappa shape index (κ1) is 10.9. The minimum atomic E-state index is 0.484. The Hall–Kier alpha value is 0.390. The van der Waals surface area contributed by atoms with Crippen LogP contribution in [-0.2, 0) is 0 Å². The standard InChI is InChI=1S/C9H10Br2N2S/c10-7-5-8(11)13-9(12-7)6-3-1-2-4-14-6/h5-6H,1-4H2. The quantitative estimate of drug-likeness (QED) is 0.725. The summed E-state index contributed by atoms with van der Waals surface area (Å²) >= 11 is 8.75. The van der Waals surface area contributed by atoms with Gasteiger partial charge in [0, 0.05) is 6.07 Å². The molecule has 0 aromatic carbocycles. The van der Waals surface area contributed by atoms with Crippen LogP contribution in [0.1, 0.15) is 30.3 Å². The Morgan fingerprint density at radius 1 is 1.21 bits per heavy atom. The summed E-state index contributed by atoms with van der Waals surface area (Å²) in [4.78, 5) is 8.82. The summed E-state index contributed by atoms with van der Waals surface area (Å²) in [5.41, 5.74) is 0. The molecule has 1 aliphatic heterocycles. The van der Waals surface area contributed by atoms with Crippen molar-refractivity contribution in [2.45, 2.75) is 24.5 Å². The van der Waals surface area contributed by atoms with Crippen LogP contribution < -0.4 is 0 Å². The van der Waals surface area contributed by atoms with Gasteiger partial charge in [-0.3, -0.25) is 0 Å². The molecule has 76 valence electrons. The van der Waals surface area contributed by atoms with E-state index in [1.54, 1.807) is 0 Å². The maximum atomic E-state index is 4.41. The van der Waals surface area contributed by atoms with E-state index in [9.17, 15) is 0 Å². The Morgan fingerprint density at radius 2 is 1.93 bits per heavy atom. The fourth-order valence-corrected chi connectivity index (χ4v) is 3.84. The summed E-state index contributed by atoms with van der Waals surface area (Å²) in [6, 6.07) is 1.87. The molecule has 1 saturated heterocycles. The fraction of sp³-hybridized carbons (Fsp3) is 0.556. The number of rotatable bonds is 1. The van der Waals surface area contributed by atoms with Crippen LogP contribution in [0, 0.1) is 0 Å². The normalized spacial score (nSPS) is 22.3. The van der Waals surface area contributed by atoms with Gasteiger partial charge >= 0.3 is 0 Å². The second-order valence-corrected chi connectivity index (χ2v) is 6.16. The average Bonchev–Trinajstić information content (AvgIpc) is 2.18. The van der Waals surface area contributed by atoms with Gasteiger partial charge in [0.15, 0.2) is 0 Å².